The number of hydrogen-bond acceptors (Lipinski definition) is 2. The summed E-state index contributed by atoms with van der Waals surface area (Å²) in [5, 5.41) is 10.7. The molecule has 2 heteroatoms. The van der Waals surface area contributed by atoms with E-state index in [0.29, 0.717) is 18.4 Å². The minimum absolute atomic E-state index is 0.00812. The first-order chi connectivity index (χ1) is 9.31. The number of ether oxygens (including phenoxy) is 1. The summed E-state index contributed by atoms with van der Waals surface area (Å²) in [7, 11) is 0. The molecule has 0 aliphatic heterocycles. The molecule has 0 spiro atoms. The van der Waals surface area contributed by atoms with Crippen molar-refractivity contribution < 1.29 is 9.84 Å². The Bertz CT molecular complexity index is 421. The van der Waals surface area contributed by atoms with Crippen LogP contribution in [0.15, 0.2) is 24.3 Å². The number of rotatable bonds is 6. The molecule has 2 aliphatic rings. The Morgan fingerprint density at radius 1 is 1.21 bits per heavy atom. The van der Waals surface area contributed by atoms with Gasteiger partial charge in [-0.2, -0.15) is 0 Å². The summed E-state index contributed by atoms with van der Waals surface area (Å²) in [4.78, 5) is 0. The maximum atomic E-state index is 10.7. The van der Waals surface area contributed by atoms with Gasteiger partial charge in [0, 0.05) is 6.61 Å². The zero-order chi connectivity index (χ0) is 13.2. The Balaban J connectivity index is 1.83. The molecule has 2 fully saturated rings. The quantitative estimate of drug-likeness (QED) is 0.843. The van der Waals surface area contributed by atoms with Crippen LogP contribution in [0.4, 0.5) is 0 Å². The second-order valence-corrected chi connectivity index (χ2v) is 5.96. The summed E-state index contributed by atoms with van der Waals surface area (Å²) in [5.74, 6) is 1.22. The smallest absolute Gasteiger partial charge is 0.106 e. The van der Waals surface area contributed by atoms with E-state index in [4.69, 9.17) is 4.74 Å². The molecular weight excluding hydrogens is 236 g/mol. The van der Waals surface area contributed by atoms with Crippen molar-refractivity contribution >= 4 is 0 Å². The van der Waals surface area contributed by atoms with Gasteiger partial charge in [0.2, 0.25) is 0 Å². The van der Waals surface area contributed by atoms with Gasteiger partial charge in [0.25, 0.3) is 0 Å². The van der Waals surface area contributed by atoms with Gasteiger partial charge in [-0.05, 0) is 55.6 Å². The molecule has 0 bridgehead atoms. The molecule has 1 N–H and O–H groups in total. The molecule has 2 saturated carbocycles. The van der Waals surface area contributed by atoms with Gasteiger partial charge in [-0.3, -0.25) is 0 Å². The molecule has 3 rings (SSSR count). The predicted octanol–water partition coefficient (Wildman–Crippen LogP) is 3.80. The zero-order valence-corrected chi connectivity index (χ0v) is 11.7. The average Bonchev–Trinajstić information content (AvgIpc) is 3.18. The van der Waals surface area contributed by atoms with Gasteiger partial charge in [0.05, 0.1) is 6.10 Å². The molecule has 1 aromatic rings. The normalized spacial score (nSPS) is 22.8. The molecule has 2 unspecified atom stereocenters. The van der Waals surface area contributed by atoms with E-state index in [-0.39, 0.29) is 6.10 Å². The van der Waals surface area contributed by atoms with Crippen LogP contribution in [0.2, 0.25) is 0 Å². The monoisotopic (exact) mass is 260 g/mol. The third kappa shape index (κ3) is 2.70. The number of aliphatic hydroxyl groups is 1. The van der Waals surface area contributed by atoms with Crippen molar-refractivity contribution in [3.8, 4) is 0 Å². The highest BCUT2D eigenvalue weighted by atomic mass is 16.5. The molecular formula is C17H24O2. The molecule has 2 nitrogen and oxygen atoms in total. The average molecular weight is 260 g/mol. The lowest BCUT2D eigenvalue weighted by Gasteiger charge is -2.31. The molecule has 104 valence electrons. The summed E-state index contributed by atoms with van der Waals surface area (Å²) in [6, 6.07) is 8.41. The van der Waals surface area contributed by atoms with Crippen molar-refractivity contribution in [2.24, 2.45) is 5.92 Å². The second-order valence-electron chi connectivity index (χ2n) is 5.96. The number of aliphatic hydroxyl groups excluding tert-OH is 1. The Morgan fingerprint density at radius 3 is 2.53 bits per heavy atom. The van der Waals surface area contributed by atoms with Crippen LogP contribution in [0.25, 0.3) is 0 Å². The fourth-order valence-corrected chi connectivity index (χ4v) is 3.15. The molecule has 0 aromatic heterocycles. The first kappa shape index (κ1) is 13.1. The topological polar surface area (TPSA) is 29.5 Å². The lowest BCUT2D eigenvalue weighted by atomic mass is 9.77. The Labute approximate surface area is 115 Å². The van der Waals surface area contributed by atoms with Gasteiger partial charge in [-0.1, -0.05) is 30.7 Å². The Morgan fingerprint density at radius 2 is 1.95 bits per heavy atom. The number of benzene rings is 1. The van der Waals surface area contributed by atoms with Crippen molar-refractivity contribution in [2.45, 2.75) is 57.2 Å². The lowest BCUT2D eigenvalue weighted by molar-refractivity contribution is -0.0467. The maximum Gasteiger partial charge on any atom is 0.106 e. The van der Waals surface area contributed by atoms with Crippen molar-refractivity contribution in [2.75, 3.05) is 6.61 Å². The molecule has 1 aromatic carbocycles. The van der Waals surface area contributed by atoms with E-state index in [0.717, 1.165) is 5.56 Å². The van der Waals surface area contributed by atoms with Gasteiger partial charge >= 0.3 is 0 Å². The van der Waals surface area contributed by atoms with Crippen molar-refractivity contribution in [1.82, 2.24) is 0 Å². The van der Waals surface area contributed by atoms with Gasteiger partial charge in [-0.25, -0.2) is 0 Å². The SMILES string of the molecule is CCOC(C1CC1)C(O)c1ccccc1C1CCC1. The van der Waals surface area contributed by atoms with Crippen LogP contribution >= 0.6 is 0 Å². The van der Waals surface area contributed by atoms with Gasteiger partial charge in [0.1, 0.15) is 6.10 Å². The maximum absolute atomic E-state index is 10.7. The van der Waals surface area contributed by atoms with Crippen molar-refractivity contribution in [1.29, 1.82) is 0 Å². The zero-order valence-electron chi connectivity index (χ0n) is 11.7. The van der Waals surface area contributed by atoms with Gasteiger partial charge in [-0.15, -0.1) is 0 Å². The summed E-state index contributed by atoms with van der Waals surface area (Å²) < 4.78 is 5.82. The van der Waals surface area contributed by atoms with Gasteiger partial charge in [0.15, 0.2) is 0 Å². The molecule has 2 aliphatic carbocycles. The van der Waals surface area contributed by atoms with E-state index in [1.54, 1.807) is 0 Å². The first-order valence-electron chi connectivity index (χ1n) is 7.69. The van der Waals surface area contributed by atoms with Crippen LogP contribution in [-0.2, 0) is 4.74 Å². The predicted molar refractivity (Wildman–Crippen MR) is 76.1 cm³/mol. The van der Waals surface area contributed by atoms with E-state index in [1.165, 1.54) is 37.7 Å². The standard InChI is InChI=1S/C17H24O2/c1-2-19-17(13-10-11-13)16(18)15-9-4-3-8-14(15)12-6-5-7-12/h3-4,8-9,12-13,16-18H,2,5-7,10-11H2,1H3. The highest BCUT2D eigenvalue weighted by Crippen LogP contribution is 2.44. The minimum atomic E-state index is -0.454. The fourth-order valence-electron chi connectivity index (χ4n) is 3.15. The third-order valence-electron chi connectivity index (χ3n) is 4.62. The summed E-state index contributed by atoms with van der Waals surface area (Å²) in [5.41, 5.74) is 2.46. The van der Waals surface area contributed by atoms with Crippen LogP contribution in [0, 0.1) is 5.92 Å². The second kappa shape index (κ2) is 5.64. The van der Waals surface area contributed by atoms with Crippen LogP contribution in [0.3, 0.4) is 0 Å². The van der Waals surface area contributed by atoms with E-state index >= 15 is 0 Å². The highest BCUT2D eigenvalue weighted by molar-refractivity contribution is 5.34. The van der Waals surface area contributed by atoms with Crippen LogP contribution in [-0.4, -0.2) is 17.8 Å². The van der Waals surface area contributed by atoms with E-state index in [2.05, 4.69) is 18.2 Å². The molecule has 0 radical (unpaired) electrons. The molecule has 19 heavy (non-hydrogen) atoms. The Kier molecular flexibility index (Phi) is 3.90. The van der Waals surface area contributed by atoms with E-state index < -0.39 is 6.10 Å². The summed E-state index contributed by atoms with van der Waals surface area (Å²) in [6.07, 6.45) is 5.81. The van der Waals surface area contributed by atoms with E-state index in [1.807, 2.05) is 13.0 Å². The highest BCUT2D eigenvalue weighted by Gasteiger charge is 2.38. The van der Waals surface area contributed by atoms with Crippen LogP contribution < -0.4 is 0 Å². The third-order valence-corrected chi connectivity index (χ3v) is 4.62. The van der Waals surface area contributed by atoms with Crippen LogP contribution in [0.1, 0.15) is 62.2 Å². The molecule has 0 heterocycles. The number of hydrogen-bond donors (Lipinski definition) is 1. The summed E-state index contributed by atoms with van der Waals surface area (Å²) >= 11 is 0. The van der Waals surface area contributed by atoms with Crippen molar-refractivity contribution in [3.05, 3.63) is 35.4 Å². The van der Waals surface area contributed by atoms with E-state index in [9.17, 15) is 5.11 Å². The Hall–Kier alpha value is -0.860. The van der Waals surface area contributed by atoms with Crippen molar-refractivity contribution in [3.63, 3.8) is 0 Å². The van der Waals surface area contributed by atoms with Crippen LogP contribution in [0.5, 0.6) is 0 Å². The molecule has 0 amide bonds. The largest absolute Gasteiger partial charge is 0.386 e. The summed E-state index contributed by atoms with van der Waals surface area (Å²) in [6.45, 7) is 2.70. The molecule has 0 saturated heterocycles. The molecule has 2 atom stereocenters. The minimum Gasteiger partial charge on any atom is -0.386 e. The fraction of sp³-hybridized carbons (Fsp3) is 0.647. The first-order valence-corrected chi connectivity index (χ1v) is 7.69. The lowest BCUT2D eigenvalue weighted by Crippen LogP contribution is -2.26. The van der Waals surface area contributed by atoms with Gasteiger partial charge < -0.3 is 9.84 Å².